The Balaban J connectivity index is -0.000000286. The van der Waals surface area contributed by atoms with Gasteiger partial charge in [0.05, 0.1) is 6.42 Å². The Hall–Kier alpha value is -3.67. The molecule has 0 aliphatic carbocycles. The van der Waals surface area contributed by atoms with Gasteiger partial charge in [0.2, 0.25) is 0 Å². The number of hydrogen-bond donors (Lipinski definition) is 3. The standard InChI is InChI=1S/C8H8.C5H6O4.C4H6.C3H4O2/c1-2-8-6-4-3-5-7-8;1-3(5(8)9)2-4(6)7;1-3-4-2;1-2-3(4)5/h2-7H,1H2;1-2H2,(H,6,7)(H,8,9);3-4H,1-2H2;2H,1H2,(H,4,5). The average Bonchev–Trinajstić information content (AvgIpc) is 2.63. The van der Waals surface area contributed by atoms with Gasteiger partial charge in [-0.1, -0.05) is 81.5 Å². The van der Waals surface area contributed by atoms with Crippen LogP contribution >= 0.6 is 0 Å². The van der Waals surface area contributed by atoms with Crippen LogP contribution in [0.4, 0.5) is 0 Å². The van der Waals surface area contributed by atoms with E-state index in [9.17, 15) is 14.4 Å². The van der Waals surface area contributed by atoms with E-state index in [0.29, 0.717) is 0 Å². The molecule has 26 heavy (non-hydrogen) atoms. The molecule has 6 heteroatoms. The van der Waals surface area contributed by atoms with Crippen LogP contribution in [0.5, 0.6) is 0 Å². The Morgan fingerprint density at radius 3 is 1.46 bits per heavy atom. The van der Waals surface area contributed by atoms with E-state index in [2.05, 4.69) is 32.9 Å². The molecule has 0 atom stereocenters. The second-order valence-corrected chi connectivity index (χ2v) is 4.11. The van der Waals surface area contributed by atoms with E-state index in [-0.39, 0.29) is 5.57 Å². The molecule has 0 spiro atoms. The second-order valence-electron chi connectivity index (χ2n) is 4.11. The first-order valence-corrected chi connectivity index (χ1v) is 7.05. The zero-order valence-corrected chi connectivity index (χ0v) is 14.5. The Morgan fingerprint density at radius 2 is 1.31 bits per heavy atom. The number of allylic oxidation sites excluding steroid dienone is 2. The average molecular weight is 360 g/mol. The first-order chi connectivity index (χ1) is 12.2. The van der Waals surface area contributed by atoms with Crippen molar-refractivity contribution in [2.75, 3.05) is 0 Å². The fraction of sp³-hybridized carbons (Fsp3) is 0.0500. The fourth-order valence-corrected chi connectivity index (χ4v) is 0.847. The zero-order chi connectivity index (χ0) is 21.0. The summed E-state index contributed by atoms with van der Waals surface area (Å²) in [6, 6.07) is 10.0. The van der Waals surface area contributed by atoms with Gasteiger partial charge in [0.1, 0.15) is 0 Å². The molecular weight excluding hydrogens is 336 g/mol. The predicted molar refractivity (Wildman–Crippen MR) is 104 cm³/mol. The van der Waals surface area contributed by atoms with Gasteiger partial charge in [0.25, 0.3) is 0 Å². The SMILES string of the molecule is C=C(CC(=O)O)C(=O)O.C=CC(=O)O.C=CC=C.C=Cc1ccccc1. The van der Waals surface area contributed by atoms with Gasteiger partial charge in [-0.05, 0) is 5.56 Å². The Labute approximate surface area is 153 Å². The summed E-state index contributed by atoms with van der Waals surface area (Å²) in [6.45, 7) is 16.3. The second kappa shape index (κ2) is 19.4. The lowest BCUT2D eigenvalue weighted by molar-refractivity contribution is -0.139. The number of hydrogen-bond acceptors (Lipinski definition) is 3. The Bertz CT molecular complexity index is 608. The maximum absolute atomic E-state index is 9.87. The van der Waals surface area contributed by atoms with Crippen LogP contribution in [-0.2, 0) is 14.4 Å². The quantitative estimate of drug-likeness (QED) is 0.521. The molecule has 0 amide bonds. The highest BCUT2D eigenvalue weighted by Gasteiger charge is 2.07. The van der Waals surface area contributed by atoms with Gasteiger partial charge in [-0.3, -0.25) is 4.79 Å². The molecule has 0 aliphatic heterocycles. The summed E-state index contributed by atoms with van der Waals surface area (Å²) in [5, 5.41) is 23.7. The number of aliphatic carboxylic acids is 3. The minimum Gasteiger partial charge on any atom is -0.481 e. The van der Waals surface area contributed by atoms with Crippen molar-refractivity contribution in [2.24, 2.45) is 0 Å². The van der Waals surface area contributed by atoms with E-state index in [4.69, 9.17) is 15.3 Å². The highest BCUT2D eigenvalue weighted by atomic mass is 16.4. The van der Waals surface area contributed by atoms with Gasteiger partial charge in [-0.25, -0.2) is 9.59 Å². The summed E-state index contributed by atoms with van der Waals surface area (Å²) in [4.78, 5) is 28.9. The molecule has 0 aromatic heterocycles. The molecule has 0 fully saturated rings. The lowest BCUT2D eigenvalue weighted by Crippen LogP contribution is -2.04. The molecule has 0 radical (unpaired) electrons. The molecule has 0 saturated carbocycles. The van der Waals surface area contributed by atoms with Crippen molar-refractivity contribution in [3.63, 3.8) is 0 Å². The van der Waals surface area contributed by atoms with E-state index < -0.39 is 24.3 Å². The summed E-state index contributed by atoms with van der Waals surface area (Å²) in [5.74, 6) is -3.43. The van der Waals surface area contributed by atoms with Gasteiger partial charge in [0.15, 0.2) is 0 Å². The van der Waals surface area contributed by atoms with Crippen LogP contribution in [0.25, 0.3) is 6.08 Å². The first kappa shape index (κ1) is 27.2. The van der Waals surface area contributed by atoms with Crippen LogP contribution in [0.2, 0.25) is 0 Å². The third kappa shape index (κ3) is 25.3. The van der Waals surface area contributed by atoms with Crippen molar-refractivity contribution < 1.29 is 29.7 Å². The fourth-order valence-electron chi connectivity index (χ4n) is 0.847. The zero-order valence-electron chi connectivity index (χ0n) is 14.5. The minimum absolute atomic E-state index is 0.303. The molecular formula is C20H24O6. The van der Waals surface area contributed by atoms with Crippen molar-refractivity contribution in [3.8, 4) is 0 Å². The van der Waals surface area contributed by atoms with Crippen LogP contribution in [0.1, 0.15) is 12.0 Å². The highest BCUT2D eigenvalue weighted by Crippen LogP contribution is 1.97. The Kier molecular flexibility index (Phi) is 20.3. The molecule has 0 aliphatic rings. The molecule has 3 N–H and O–H groups in total. The molecule has 6 nitrogen and oxygen atoms in total. The maximum Gasteiger partial charge on any atom is 0.331 e. The van der Waals surface area contributed by atoms with Gasteiger partial charge in [-0.15, -0.1) is 0 Å². The summed E-state index contributed by atoms with van der Waals surface area (Å²) in [7, 11) is 0. The van der Waals surface area contributed by atoms with Gasteiger partial charge in [-0.2, -0.15) is 0 Å². The summed E-state index contributed by atoms with van der Waals surface area (Å²) in [6.07, 6.45) is 5.44. The third-order valence-electron chi connectivity index (χ3n) is 2.04. The smallest absolute Gasteiger partial charge is 0.331 e. The van der Waals surface area contributed by atoms with E-state index in [1.165, 1.54) is 5.56 Å². The van der Waals surface area contributed by atoms with Crippen LogP contribution in [0.3, 0.4) is 0 Å². The monoisotopic (exact) mass is 360 g/mol. The third-order valence-corrected chi connectivity index (χ3v) is 2.04. The van der Waals surface area contributed by atoms with E-state index >= 15 is 0 Å². The summed E-state index contributed by atoms with van der Waals surface area (Å²) >= 11 is 0. The summed E-state index contributed by atoms with van der Waals surface area (Å²) in [5.41, 5.74) is 0.870. The molecule has 140 valence electrons. The molecule has 0 unspecified atom stereocenters. The summed E-state index contributed by atoms with van der Waals surface area (Å²) < 4.78 is 0. The number of carboxylic acid groups (broad SMARTS) is 3. The van der Waals surface area contributed by atoms with Crippen molar-refractivity contribution in [2.45, 2.75) is 6.42 Å². The van der Waals surface area contributed by atoms with Gasteiger partial charge >= 0.3 is 17.9 Å². The van der Waals surface area contributed by atoms with Crippen molar-refractivity contribution in [1.82, 2.24) is 0 Å². The highest BCUT2D eigenvalue weighted by molar-refractivity contribution is 5.91. The molecule has 0 bridgehead atoms. The largest absolute Gasteiger partial charge is 0.481 e. The van der Waals surface area contributed by atoms with Crippen LogP contribution in [0, 0.1) is 0 Å². The normalized spacial score (nSPS) is 7.54. The molecule has 1 rings (SSSR count). The Morgan fingerprint density at radius 1 is 0.885 bits per heavy atom. The van der Waals surface area contributed by atoms with Gasteiger partial charge < -0.3 is 15.3 Å². The molecule has 1 aromatic carbocycles. The van der Waals surface area contributed by atoms with E-state index in [1.807, 2.05) is 36.4 Å². The van der Waals surface area contributed by atoms with Crippen molar-refractivity contribution in [1.29, 1.82) is 0 Å². The van der Waals surface area contributed by atoms with Crippen LogP contribution < -0.4 is 0 Å². The number of benzene rings is 1. The van der Waals surface area contributed by atoms with Crippen LogP contribution in [-0.4, -0.2) is 33.2 Å². The number of rotatable bonds is 6. The van der Waals surface area contributed by atoms with Crippen LogP contribution in [0.15, 0.2) is 87.0 Å². The number of carboxylic acids is 3. The topological polar surface area (TPSA) is 112 Å². The maximum atomic E-state index is 9.87. The lowest BCUT2D eigenvalue weighted by atomic mass is 10.2. The van der Waals surface area contributed by atoms with E-state index in [1.54, 1.807) is 12.2 Å². The first-order valence-electron chi connectivity index (χ1n) is 7.05. The lowest BCUT2D eigenvalue weighted by Gasteiger charge is -1.91. The van der Waals surface area contributed by atoms with E-state index in [0.717, 1.165) is 6.08 Å². The molecule has 1 aromatic rings. The van der Waals surface area contributed by atoms with Crippen molar-refractivity contribution in [3.05, 3.63) is 92.6 Å². The minimum atomic E-state index is -1.27. The van der Waals surface area contributed by atoms with Crippen molar-refractivity contribution >= 4 is 24.0 Å². The molecule has 0 heterocycles. The molecule has 0 saturated heterocycles. The predicted octanol–water partition coefficient (Wildman–Crippen LogP) is 4.05. The number of carbonyl (C=O) groups is 3. The van der Waals surface area contributed by atoms with Gasteiger partial charge in [0, 0.05) is 11.6 Å².